The number of hydrogen-bond acceptors (Lipinski definition) is 4. The van der Waals surface area contributed by atoms with Crippen molar-refractivity contribution in [2.24, 2.45) is 0 Å². The first-order chi connectivity index (χ1) is 9.60. The predicted molar refractivity (Wildman–Crippen MR) is 80.9 cm³/mol. The summed E-state index contributed by atoms with van der Waals surface area (Å²) in [5, 5.41) is 2.88. The van der Waals surface area contributed by atoms with Gasteiger partial charge >= 0.3 is 0 Å². The number of carbonyl (C=O) groups excluding carboxylic acids is 1. The van der Waals surface area contributed by atoms with E-state index in [1.807, 2.05) is 0 Å². The molecule has 0 spiro atoms. The number of amides is 1. The van der Waals surface area contributed by atoms with Gasteiger partial charge in [-0.25, -0.2) is 0 Å². The third-order valence-electron chi connectivity index (χ3n) is 3.82. The summed E-state index contributed by atoms with van der Waals surface area (Å²) in [4.78, 5) is 14.4. The van der Waals surface area contributed by atoms with E-state index in [9.17, 15) is 4.79 Å². The van der Waals surface area contributed by atoms with E-state index in [-0.39, 0.29) is 5.91 Å². The molecule has 1 heterocycles. The number of nitrogens with one attached hydrogen (secondary N) is 1. The summed E-state index contributed by atoms with van der Waals surface area (Å²) in [6.07, 6.45) is 2.96. The molecule has 1 aromatic rings. The molecule has 1 atom stereocenters. The van der Waals surface area contributed by atoms with E-state index in [4.69, 9.17) is 10.5 Å². The Balaban J connectivity index is 1.88. The van der Waals surface area contributed by atoms with Crippen LogP contribution in [0.4, 0.5) is 11.4 Å². The van der Waals surface area contributed by atoms with Crippen LogP contribution < -0.4 is 15.8 Å². The molecular formula is C15H23N3O2. The summed E-state index contributed by atoms with van der Waals surface area (Å²) < 4.78 is 5.22. The number of nitrogen functional groups attached to an aromatic ring is 1. The van der Waals surface area contributed by atoms with Gasteiger partial charge in [0.25, 0.3) is 0 Å². The van der Waals surface area contributed by atoms with Gasteiger partial charge in [-0.05, 0) is 38.4 Å². The van der Waals surface area contributed by atoms with Gasteiger partial charge in [-0.3, -0.25) is 4.79 Å². The largest absolute Gasteiger partial charge is 0.494 e. The lowest BCUT2D eigenvalue weighted by molar-refractivity contribution is -0.116. The van der Waals surface area contributed by atoms with E-state index in [0.29, 0.717) is 29.6 Å². The first kappa shape index (κ1) is 14.7. The highest BCUT2D eigenvalue weighted by Gasteiger charge is 2.20. The molecule has 3 N–H and O–H groups in total. The van der Waals surface area contributed by atoms with Crippen LogP contribution >= 0.6 is 0 Å². The molecular weight excluding hydrogens is 254 g/mol. The maximum atomic E-state index is 12.0. The lowest BCUT2D eigenvalue weighted by Gasteiger charge is -2.20. The fraction of sp³-hybridized carbons (Fsp3) is 0.533. The summed E-state index contributed by atoms with van der Waals surface area (Å²) in [6, 6.07) is 5.82. The van der Waals surface area contributed by atoms with E-state index in [2.05, 4.69) is 17.1 Å². The molecule has 20 heavy (non-hydrogen) atoms. The number of hydrogen-bond donors (Lipinski definition) is 2. The average Bonchev–Trinajstić information content (AvgIpc) is 2.84. The summed E-state index contributed by atoms with van der Waals surface area (Å²) in [5.74, 6) is 0.597. The third kappa shape index (κ3) is 3.63. The standard InChI is InChI=1S/C15H23N3O2/c1-11-4-3-8-18(11)9-7-15(19)17-13-6-5-12(16)10-14(13)20-2/h5-6,10-11H,3-4,7-9,16H2,1-2H3,(H,17,19). The highest BCUT2D eigenvalue weighted by molar-refractivity contribution is 5.92. The van der Waals surface area contributed by atoms with Crippen molar-refractivity contribution in [3.8, 4) is 5.75 Å². The van der Waals surface area contributed by atoms with Gasteiger partial charge in [0.05, 0.1) is 12.8 Å². The summed E-state index contributed by atoms with van der Waals surface area (Å²) >= 11 is 0. The zero-order chi connectivity index (χ0) is 14.5. The van der Waals surface area contributed by atoms with Crippen molar-refractivity contribution in [1.82, 2.24) is 4.90 Å². The fourth-order valence-electron chi connectivity index (χ4n) is 2.59. The maximum Gasteiger partial charge on any atom is 0.225 e. The second kappa shape index (κ2) is 6.61. The number of benzene rings is 1. The van der Waals surface area contributed by atoms with Gasteiger partial charge in [0.1, 0.15) is 5.75 Å². The van der Waals surface area contributed by atoms with Crippen LogP contribution in [0.5, 0.6) is 5.75 Å². The Labute approximate surface area is 120 Å². The zero-order valence-corrected chi connectivity index (χ0v) is 12.2. The number of carbonyl (C=O) groups is 1. The van der Waals surface area contributed by atoms with E-state index < -0.39 is 0 Å². The monoisotopic (exact) mass is 277 g/mol. The smallest absolute Gasteiger partial charge is 0.225 e. The molecule has 1 fully saturated rings. The minimum atomic E-state index is 0.00664. The van der Waals surface area contributed by atoms with E-state index in [0.717, 1.165) is 13.1 Å². The average molecular weight is 277 g/mol. The molecule has 0 aromatic heterocycles. The molecule has 0 aliphatic carbocycles. The molecule has 1 aliphatic rings. The lowest BCUT2D eigenvalue weighted by atomic mass is 10.2. The molecule has 5 heteroatoms. The Bertz CT molecular complexity index is 476. The number of anilines is 2. The number of ether oxygens (including phenoxy) is 1. The van der Waals surface area contributed by atoms with Crippen molar-refractivity contribution in [3.63, 3.8) is 0 Å². The second-order valence-corrected chi connectivity index (χ2v) is 5.29. The quantitative estimate of drug-likeness (QED) is 0.809. The maximum absolute atomic E-state index is 12.0. The van der Waals surface area contributed by atoms with Gasteiger partial charge < -0.3 is 20.7 Å². The molecule has 1 aliphatic heterocycles. The topological polar surface area (TPSA) is 67.6 Å². The van der Waals surface area contributed by atoms with E-state index in [1.54, 1.807) is 25.3 Å². The van der Waals surface area contributed by atoms with Crippen LogP contribution in [-0.2, 0) is 4.79 Å². The van der Waals surface area contributed by atoms with Crippen molar-refractivity contribution < 1.29 is 9.53 Å². The Morgan fingerprint density at radius 3 is 3.00 bits per heavy atom. The molecule has 1 amide bonds. The summed E-state index contributed by atoms with van der Waals surface area (Å²) in [6.45, 7) is 4.12. The van der Waals surface area contributed by atoms with Crippen molar-refractivity contribution in [2.45, 2.75) is 32.2 Å². The van der Waals surface area contributed by atoms with Crippen molar-refractivity contribution in [2.75, 3.05) is 31.2 Å². The highest BCUT2D eigenvalue weighted by Crippen LogP contribution is 2.26. The van der Waals surface area contributed by atoms with Gasteiger partial charge in [-0.15, -0.1) is 0 Å². The van der Waals surface area contributed by atoms with Crippen LogP contribution in [0, 0.1) is 0 Å². The van der Waals surface area contributed by atoms with Gasteiger partial charge in [0, 0.05) is 30.8 Å². The normalized spacial score (nSPS) is 19.0. The molecule has 1 unspecified atom stereocenters. The summed E-state index contributed by atoms with van der Waals surface area (Å²) in [7, 11) is 1.57. The Kier molecular flexibility index (Phi) is 4.84. The van der Waals surface area contributed by atoms with Crippen molar-refractivity contribution in [1.29, 1.82) is 0 Å². The van der Waals surface area contributed by atoms with Crippen LogP contribution in [0.25, 0.3) is 0 Å². The SMILES string of the molecule is COc1cc(N)ccc1NC(=O)CCN1CCCC1C. The minimum Gasteiger partial charge on any atom is -0.494 e. The number of rotatable bonds is 5. The Morgan fingerprint density at radius 1 is 1.55 bits per heavy atom. The first-order valence-corrected chi connectivity index (χ1v) is 7.07. The number of nitrogens with zero attached hydrogens (tertiary/aromatic N) is 1. The molecule has 1 aromatic carbocycles. The summed E-state index contributed by atoms with van der Waals surface area (Å²) in [5.41, 5.74) is 6.98. The minimum absolute atomic E-state index is 0.00664. The van der Waals surface area contributed by atoms with Crippen molar-refractivity contribution >= 4 is 17.3 Å². The second-order valence-electron chi connectivity index (χ2n) is 5.29. The highest BCUT2D eigenvalue weighted by atomic mass is 16.5. The molecule has 2 rings (SSSR count). The molecule has 5 nitrogen and oxygen atoms in total. The fourth-order valence-corrected chi connectivity index (χ4v) is 2.59. The Morgan fingerprint density at radius 2 is 2.35 bits per heavy atom. The van der Waals surface area contributed by atoms with E-state index in [1.165, 1.54) is 12.8 Å². The van der Waals surface area contributed by atoms with Crippen LogP contribution in [0.15, 0.2) is 18.2 Å². The Hall–Kier alpha value is -1.75. The van der Waals surface area contributed by atoms with Gasteiger partial charge in [0.2, 0.25) is 5.91 Å². The number of nitrogens with two attached hydrogens (primary N) is 1. The zero-order valence-electron chi connectivity index (χ0n) is 12.2. The van der Waals surface area contributed by atoms with Crippen molar-refractivity contribution in [3.05, 3.63) is 18.2 Å². The van der Waals surface area contributed by atoms with Gasteiger partial charge in [-0.1, -0.05) is 0 Å². The van der Waals surface area contributed by atoms with Crippen LogP contribution in [-0.4, -0.2) is 37.0 Å². The van der Waals surface area contributed by atoms with Gasteiger partial charge in [0.15, 0.2) is 0 Å². The molecule has 0 radical (unpaired) electrons. The molecule has 110 valence electrons. The van der Waals surface area contributed by atoms with Gasteiger partial charge in [-0.2, -0.15) is 0 Å². The number of methoxy groups -OCH3 is 1. The van der Waals surface area contributed by atoms with Crippen LogP contribution in [0.1, 0.15) is 26.2 Å². The lowest BCUT2D eigenvalue weighted by Crippen LogP contribution is -2.30. The van der Waals surface area contributed by atoms with Crippen LogP contribution in [0.3, 0.4) is 0 Å². The van der Waals surface area contributed by atoms with E-state index >= 15 is 0 Å². The first-order valence-electron chi connectivity index (χ1n) is 7.07. The molecule has 1 saturated heterocycles. The molecule has 0 saturated carbocycles. The third-order valence-corrected chi connectivity index (χ3v) is 3.82. The predicted octanol–water partition coefficient (Wildman–Crippen LogP) is 2.09. The molecule has 0 bridgehead atoms. The van der Waals surface area contributed by atoms with Crippen LogP contribution in [0.2, 0.25) is 0 Å². The number of likely N-dealkylation sites (tertiary alicyclic amines) is 1.